The van der Waals surface area contributed by atoms with Crippen molar-refractivity contribution in [2.45, 2.75) is 12.2 Å². The van der Waals surface area contributed by atoms with Gasteiger partial charge in [0, 0.05) is 0 Å². The Hall–Kier alpha value is -0.350. The predicted octanol–water partition coefficient (Wildman–Crippen LogP) is 0.321. The maximum Gasteiger partial charge on any atom is 0.300 e. The van der Waals surface area contributed by atoms with Gasteiger partial charge in [-0.15, -0.1) is 6.58 Å². The van der Waals surface area contributed by atoms with Crippen LogP contribution in [0.15, 0.2) is 12.7 Å². The molecule has 0 aliphatic rings. The van der Waals surface area contributed by atoms with Crippen molar-refractivity contribution in [2.24, 2.45) is 0 Å². The lowest BCUT2D eigenvalue weighted by Gasteiger charge is -1.94. The maximum atomic E-state index is 9.94. The van der Waals surface area contributed by atoms with Crippen molar-refractivity contribution in [3.05, 3.63) is 12.7 Å². The summed E-state index contributed by atoms with van der Waals surface area (Å²) in [5.41, 5.74) is 0. The van der Waals surface area contributed by atoms with Gasteiger partial charge in [-0.3, -0.25) is 0 Å². The van der Waals surface area contributed by atoms with Crippen LogP contribution < -0.4 is 0 Å². The number of hydrogen-bond donors (Lipinski definition) is 0. The van der Waals surface area contributed by atoms with Crippen molar-refractivity contribution in [1.82, 2.24) is 0 Å². The fourth-order valence-corrected chi connectivity index (χ4v) is 0.354. The SMILES string of the molecule is C=CC(C)S([O])(=O)=O. The second-order valence-corrected chi connectivity index (χ2v) is 3.16. The summed E-state index contributed by atoms with van der Waals surface area (Å²) < 4.78 is 29.8. The highest BCUT2D eigenvalue weighted by molar-refractivity contribution is 7.86. The van der Waals surface area contributed by atoms with E-state index in [1.165, 1.54) is 6.92 Å². The van der Waals surface area contributed by atoms with E-state index in [0.29, 0.717) is 0 Å². The minimum atomic E-state index is -4.12. The van der Waals surface area contributed by atoms with Crippen LogP contribution in [0.2, 0.25) is 0 Å². The molecule has 0 saturated heterocycles. The Morgan fingerprint density at radius 1 is 1.62 bits per heavy atom. The van der Waals surface area contributed by atoms with Crippen LogP contribution in [0.5, 0.6) is 0 Å². The quantitative estimate of drug-likeness (QED) is 0.512. The summed E-state index contributed by atoms with van der Waals surface area (Å²) in [7, 11) is -4.12. The molecule has 3 nitrogen and oxygen atoms in total. The normalized spacial score (nSPS) is 15.2. The molecule has 0 aliphatic carbocycles. The van der Waals surface area contributed by atoms with Gasteiger partial charge in [0.1, 0.15) is 5.25 Å². The summed E-state index contributed by atoms with van der Waals surface area (Å²) >= 11 is 0. The zero-order valence-electron chi connectivity index (χ0n) is 4.49. The minimum absolute atomic E-state index is 0.970. The molecule has 0 heterocycles. The zero-order valence-corrected chi connectivity index (χ0v) is 5.31. The third-order valence-electron chi connectivity index (χ3n) is 0.787. The zero-order chi connectivity index (χ0) is 6.78. The van der Waals surface area contributed by atoms with Crippen LogP contribution >= 0.6 is 0 Å². The van der Waals surface area contributed by atoms with Crippen molar-refractivity contribution in [2.75, 3.05) is 0 Å². The summed E-state index contributed by atoms with van der Waals surface area (Å²) in [4.78, 5) is 0. The molecule has 0 saturated carbocycles. The van der Waals surface area contributed by atoms with Gasteiger partial charge in [0.25, 0.3) is 0 Å². The summed E-state index contributed by atoms with van der Waals surface area (Å²) in [5.74, 6) is 0. The van der Waals surface area contributed by atoms with Crippen LogP contribution in [0.1, 0.15) is 6.92 Å². The Labute approximate surface area is 48.8 Å². The van der Waals surface area contributed by atoms with Crippen molar-refractivity contribution in [3.8, 4) is 0 Å². The van der Waals surface area contributed by atoms with Gasteiger partial charge >= 0.3 is 10.1 Å². The maximum absolute atomic E-state index is 9.94. The first-order valence-electron chi connectivity index (χ1n) is 2.05. The van der Waals surface area contributed by atoms with Gasteiger partial charge in [-0.05, 0) is 6.92 Å². The van der Waals surface area contributed by atoms with Crippen molar-refractivity contribution >= 4 is 10.1 Å². The highest BCUT2D eigenvalue weighted by Gasteiger charge is 2.13. The fourth-order valence-electron chi connectivity index (χ4n) is 0.118. The first-order chi connectivity index (χ1) is 3.48. The molecule has 1 unspecified atom stereocenters. The monoisotopic (exact) mass is 135 g/mol. The number of hydrogen-bond acceptors (Lipinski definition) is 2. The lowest BCUT2D eigenvalue weighted by molar-refractivity contribution is 0.410. The average molecular weight is 135 g/mol. The van der Waals surface area contributed by atoms with E-state index in [4.69, 9.17) is 0 Å². The Bertz CT molecular complexity index is 168. The molecule has 0 spiro atoms. The summed E-state index contributed by atoms with van der Waals surface area (Å²) in [6, 6.07) is 0. The van der Waals surface area contributed by atoms with Gasteiger partial charge in [0.2, 0.25) is 0 Å². The van der Waals surface area contributed by atoms with Crippen molar-refractivity contribution in [1.29, 1.82) is 0 Å². The Kier molecular flexibility index (Phi) is 2.18. The highest BCUT2D eigenvalue weighted by Crippen LogP contribution is 1.96. The van der Waals surface area contributed by atoms with Crippen LogP contribution in [0.25, 0.3) is 0 Å². The Morgan fingerprint density at radius 2 is 2.00 bits per heavy atom. The molecule has 0 rings (SSSR count). The second kappa shape index (κ2) is 2.28. The van der Waals surface area contributed by atoms with E-state index in [1.54, 1.807) is 0 Å². The van der Waals surface area contributed by atoms with E-state index in [2.05, 4.69) is 6.58 Å². The Balaban J connectivity index is 4.26. The molecular formula is C4H7O3S. The predicted molar refractivity (Wildman–Crippen MR) is 29.3 cm³/mol. The molecule has 47 valence electrons. The molecule has 0 fully saturated rings. The van der Waals surface area contributed by atoms with Crippen molar-refractivity contribution in [3.63, 3.8) is 0 Å². The molecule has 8 heavy (non-hydrogen) atoms. The smallest absolute Gasteiger partial charge is 0.196 e. The van der Waals surface area contributed by atoms with E-state index >= 15 is 0 Å². The molecule has 0 amide bonds. The van der Waals surface area contributed by atoms with Gasteiger partial charge in [0.15, 0.2) is 0 Å². The van der Waals surface area contributed by atoms with E-state index in [0.717, 1.165) is 6.08 Å². The summed E-state index contributed by atoms with van der Waals surface area (Å²) in [6.07, 6.45) is 1.10. The van der Waals surface area contributed by atoms with Crippen molar-refractivity contribution < 1.29 is 13.0 Å². The van der Waals surface area contributed by atoms with Gasteiger partial charge in [-0.1, -0.05) is 10.6 Å². The van der Waals surface area contributed by atoms with Gasteiger partial charge < -0.3 is 0 Å². The van der Waals surface area contributed by atoms with E-state index in [1.807, 2.05) is 0 Å². The minimum Gasteiger partial charge on any atom is -0.196 e. The molecule has 0 aromatic carbocycles. The second-order valence-electron chi connectivity index (χ2n) is 1.43. The third kappa shape index (κ3) is 2.09. The summed E-state index contributed by atoms with van der Waals surface area (Å²) in [6.45, 7) is 4.43. The topological polar surface area (TPSA) is 54.0 Å². The third-order valence-corrected chi connectivity index (χ3v) is 1.89. The van der Waals surface area contributed by atoms with Crippen LogP contribution in [0.4, 0.5) is 0 Å². The average Bonchev–Trinajstić information content (AvgIpc) is 1.62. The fraction of sp³-hybridized carbons (Fsp3) is 0.500. The van der Waals surface area contributed by atoms with Gasteiger partial charge in [-0.2, -0.15) is 8.42 Å². The van der Waals surface area contributed by atoms with E-state index in [-0.39, 0.29) is 0 Å². The molecular weight excluding hydrogens is 128 g/mol. The molecule has 1 atom stereocenters. The van der Waals surface area contributed by atoms with Crippen LogP contribution in [-0.4, -0.2) is 13.7 Å². The van der Waals surface area contributed by atoms with Crippen LogP contribution in [-0.2, 0) is 14.7 Å². The van der Waals surface area contributed by atoms with Crippen LogP contribution in [0, 0.1) is 0 Å². The number of rotatable bonds is 2. The Morgan fingerprint density at radius 3 is 2.00 bits per heavy atom. The lowest BCUT2D eigenvalue weighted by Crippen LogP contribution is -2.10. The standard InChI is InChI=1S/C4H7O3S/c1-3-4(2)8(5,6)7/h3-4H,1H2,2H3. The first-order valence-corrected chi connectivity index (χ1v) is 3.53. The van der Waals surface area contributed by atoms with E-state index in [9.17, 15) is 13.0 Å². The van der Waals surface area contributed by atoms with Gasteiger partial charge in [0.05, 0.1) is 0 Å². The molecule has 1 radical (unpaired) electrons. The van der Waals surface area contributed by atoms with E-state index < -0.39 is 15.4 Å². The molecule has 0 aromatic heterocycles. The van der Waals surface area contributed by atoms with Gasteiger partial charge in [-0.25, -0.2) is 0 Å². The molecule has 0 aromatic rings. The molecule has 0 N–H and O–H groups in total. The summed E-state index contributed by atoms with van der Waals surface area (Å²) in [5, 5.41) is -0.970. The largest absolute Gasteiger partial charge is 0.300 e. The molecule has 0 bridgehead atoms. The highest BCUT2D eigenvalue weighted by atomic mass is 32.2. The molecule has 4 heteroatoms. The first kappa shape index (κ1) is 7.65. The molecule has 0 aliphatic heterocycles. The lowest BCUT2D eigenvalue weighted by atomic mass is 10.5. The van der Waals surface area contributed by atoms with Crippen LogP contribution in [0.3, 0.4) is 0 Å².